The largest absolute Gasteiger partial charge is 0.480 e. The maximum atomic E-state index is 11.5. The molecule has 1 amide bonds. The molecule has 13 nitrogen and oxygen atoms in total. The summed E-state index contributed by atoms with van der Waals surface area (Å²) in [7, 11) is 3.02. The third-order valence-corrected chi connectivity index (χ3v) is 3.84. The van der Waals surface area contributed by atoms with Gasteiger partial charge in [-0.15, -0.1) is 0 Å². The lowest BCUT2D eigenvalue weighted by Crippen LogP contribution is -2.46. The summed E-state index contributed by atoms with van der Waals surface area (Å²) in [6.45, 7) is 0.457. The van der Waals surface area contributed by atoms with Crippen LogP contribution in [0.25, 0.3) is 0 Å². The highest BCUT2D eigenvalue weighted by atomic mass is 16.6. The summed E-state index contributed by atoms with van der Waals surface area (Å²) in [5.74, 6) is -3.54. The zero-order valence-electron chi connectivity index (χ0n) is 16.8. The fourth-order valence-electron chi connectivity index (χ4n) is 2.45. The number of likely N-dealkylation sites (N-methyl/N-ethyl adjacent to an activating group) is 1. The van der Waals surface area contributed by atoms with Crippen molar-refractivity contribution in [3.63, 3.8) is 0 Å². The van der Waals surface area contributed by atoms with Gasteiger partial charge >= 0.3 is 17.9 Å². The summed E-state index contributed by atoms with van der Waals surface area (Å²) in [5, 5.41) is 29.5. The lowest BCUT2D eigenvalue weighted by atomic mass is 10.3. The molecule has 13 heteroatoms. The molecule has 0 saturated carbocycles. The number of nitrogens with one attached hydrogen (secondary N) is 2. The Bertz CT molecular complexity index is 533. The Hall–Kier alpha value is -2.32. The Kier molecular flexibility index (Phi) is 14.3. The normalized spacial score (nSPS) is 11.2. The van der Waals surface area contributed by atoms with Crippen molar-refractivity contribution in [3.8, 4) is 0 Å². The number of hydrogen-bond donors (Lipinski definition) is 5. The van der Waals surface area contributed by atoms with Crippen LogP contribution in [0.15, 0.2) is 0 Å². The maximum absolute atomic E-state index is 11.5. The number of carboxylic acid groups (broad SMARTS) is 3. The molecule has 0 atom stereocenters. The smallest absolute Gasteiger partial charge is 0.317 e. The molecular formula is C16H31N5O8. The van der Waals surface area contributed by atoms with Crippen molar-refractivity contribution >= 4 is 23.8 Å². The zero-order chi connectivity index (χ0) is 22.2. The highest BCUT2D eigenvalue weighted by molar-refractivity contribution is 5.78. The average molecular weight is 421 g/mol. The second-order valence-electron chi connectivity index (χ2n) is 6.17. The first-order chi connectivity index (χ1) is 13.7. The number of nitrogens with zero attached hydrogens (tertiary/aromatic N) is 3. The fourth-order valence-corrected chi connectivity index (χ4v) is 2.45. The molecule has 0 rings (SSSR count). The molecule has 168 valence electrons. The van der Waals surface area contributed by atoms with Gasteiger partial charge in [-0.25, -0.2) is 5.48 Å². The molecule has 29 heavy (non-hydrogen) atoms. The number of amides is 1. The standard InChI is InChI=1S/C16H31N5O8/c1-17-13(22)9-21(12-16(27)28)6-5-19(10-14(23)24)3-4-20(11-15(25)26)7-8-29-18-2/h18H,3-12H2,1-2H3,(H,17,22)(H,23,24)(H,25,26)(H,27,28). The van der Waals surface area contributed by atoms with E-state index in [1.807, 2.05) is 0 Å². The van der Waals surface area contributed by atoms with Crippen LogP contribution in [0.3, 0.4) is 0 Å². The Morgan fingerprint density at radius 1 is 0.690 bits per heavy atom. The van der Waals surface area contributed by atoms with E-state index >= 15 is 0 Å². The van der Waals surface area contributed by atoms with Crippen LogP contribution in [-0.4, -0.2) is 133 Å². The highest BCUT2D eigenvalue weighted by Crippen LogP contribution is 1.97. The number of aliphatic carboxylic acids is 3. The third-order valence-electron chi connectivity index (χ3n) is 3.84. The Balaban J connectivity index is 4.84. The predicted octanol–water partition coefficient (Wildman–Crippen LogP) is -2.96. The summed E-state index contributed by atoms with van der Waals surface area (Å²) in [4.78, 5) is 54.2. The summed E-state index contributed by atoms with van der Waals surface area (Å²) in [6.07, 6.45) is 0. The van der Waals surface area contributed by atoms with Gasteiger partial charge in [0.1, 0.15) is 0 Å². The molecule has 0 radical (unpaired) electrons. The molecule has 0 aliphatic carbocycles. The molecule has 0 aliphatic heterocycles. The van der Waals surface area contributed by atoms with Gasteiger partial charge in [0.25, 0.3) is 0 Å². The second-order valence-corrected chi connectivity index (χ2v) is 6.17. The van der Waals surface area contributed by atoms with Gasteiger partial charge in [0.15, 0.2) is 0 Å². The minimum atomic E-state index is -1.10. The van der Waals surface area contributed by atoms with Crippen molar-refractivity contribution in [1.29, 1.82) is 0 Å². The minimum absolute atomic E-state index is 0.129. The summed E-state index contributed by atoms with van der Waals surface area (Å²) >= 11 is 0. The number of carbonyl (C=O) groups excluding carboxylic acids is 1. The van der Waals surface area contributed by atoms with Crippen LogP contribution >= 0.6 is 0 Å². The van der Waals surface area contributed by atoms with Gasteiger partial charge in [0, 0.05) is 46.8 Å². The molecule has 0 aromatic rings. The van der Waals surface area contributed by atoms with Crippen LogP contribution < -0.4 is 10.8 Å². The Morgan fingerprint density at radius 3 is 1.52 bits per heavy atom. The first kappa shape index (κ1) is 26.7. The van der Waals surface area contributed by atoms with Crippen LogP contribution in [0.4, 0.5) is 0 Å². The summed E-state index contributed by atoms with van der Waals surface area (Å²) < 4.78 is 0. The number of carbonyl (C=O) groups is 4. The lowest BCUT2D eigenvalue weighted by molar-refractivity contribution is -0.140. The minimum Gasteiger partial charge on any atom is -0.480 e. The quantitative estimate of drug-likeness (QED) is 0.113. The van der Waals surface area contributed by atoms with E-state index in [1.54, 1.807) is 16.8 Å². The Morgan fingerprint density at radius 2 is 1.10 bits per heavy atom. The summed E-state index contributed by atoms with van der Waals surface area (Å²) in [6, 6.07) is 0. The van der Waals surface area contributed by atoms with E-state index in [9.17, 15) is 19.2 Å². The molecule has 5 N–H and O–H groups in total. The molecule has 0 aliphatic rings. The van der Waals surface area contributed by atoms with E-state index in [1.165, 1.54) is 11.9 Å². The van der Waals surface area contributed by atoms with Crippen LogP contribution in [0.5, 0.6) is 0 Å². The van der Waals surface area contributed by atoms with Crippen LogP contribution in [0, 0.1) is 0 Å². The van der Waals surface area contributed by atoms with Crippen molar-refractivity contribution in [3.05, 3.63) is 0 Å². The zero-order valence-corrected chi connectivity index (χ0v) is 16.8. The number of hydroxylamine groups is 1. The number of rotatable bonds is 18. The first-order valence-corrected chi connectivity index (χ1v) is 8.99. The molecule has 0 saturated heterocycles. The van der Waals surface area contributed by atoms with E-state index in [2.05, 4.69) is 10.8 Å². The SMILES string of the molecule is CNOCCN(CCN(CCN(CC(=O)O)CC(=O)NC)CC(=O)O)CC(=O)O. The van der Waals surface area contributed by atoms with Gasteiger partial charge < -0.3 is 25.5 Å². The van der Waals surface area contributed by atoms with Gasteiger partial charge in [0.2, 0.25) is 5.91 Å². The van der Waals surface area contributed by atoms with Crippen molar-refractivity contribution in [2.24, 2.45) is 0 Å². The van der Waals surface area contributed by atoms with E-state index in [0.29, 0.717) is 6.54 Å². The van der Waals surface area contributed by atoms with E-state index < -0.39 is 17.9 Å². The number of carboxylic acids is 3. The maximum Gasteiger partial charge on any atom is 0.317 e. The molecule has 0 fully saturated rings. The van der Waals surface area contributed by atoms with Crippen molar-refractivity contribution < 1.29 is 39.3 Å². The van der Waals surface area contributed by atoms with Crippen LogP contribution in [0.2, 0.25) is 0 Å². The third kappa shape index (κ3) is 15.3. The molecule has 0 spiro atoms. The molecular weight excluding hydrogens is 390 g/mol. The van der Waals surface area contributed by atoms with Gasteiger partial charge in [-0.2, -0.15) is 0 Å². The molecule has 0 bridgehead atoms. The topological polar surface area (TPSA) is 172 Å². The lowest BCUT2D eigenvalue weighted by Gasteiger charge is -2.28. The molecule has 0 heterocycles. The van der Waals surface area contributed by atoms with Crippen molar-refractivity contribution in [1.82, 2.24) is 25.5 Å². The average Bonchev–Trinajstić information content (AvgIpc) is 2.62. The predicted molar refractivity (Wildman–Crippen MR) is 101 cm³/mol. The molecule has 0 aromatic carbocycles. The second kappa shape index (κ2) is 15.6. The molecule has 0 unspecified atom stereocenters. The number of hydrogen-bond acceptors (Lipinski definition) is 9. The molecule has 0 aromatic heterocycles. The van der Waals surface area contributed by atoms with Crippen LogP contribution in [0.1, 0.15) is 0 Å². The van der Waals surface area contributed by atoms with Gasteiger partial charge in [0.05, 0.1) is 32.8 Å². The summed E-state index contributed by atoms with van der Waals surface area (Å²) in [5.41, 5.74) is 2.49. The van der Waals surface area contributed by atoms with E-state index in [-0.39, 0.29) is 64.9 Å². The van der Waals surface area contributed by atoms with E-state index in [0.717, 1.165) is 0 Å². The van der Waals surface area contributed by atoms with Crippen LogP contribution in [-0.2, 0) is 24.0 Å². The van der Waals surface area contributed by atoms with Gasteiger partial charge in [-0.3, -0.25) is 33.9 Å². The Labute approximate surface area is 169 Å². The van der Waals surface area contributed by atoms with E-state index in [4.69, 9.17) is 20.2 Å². The van der Waals surface area contributed by atoms with Crippen molar-refractivity contribution in [2.45, 2.75) is 0 Å². The van der Waals surface area contributed by atoms with Gasteiger partial charge in [-0.05, 0) is 0 Å². The highest BCUT2D eigenvalue weighted by Gasteiger charge is 2.18. The monoisotopic (exact) mass is 421 g/mol. The van der Waals surface area contributed by atoms with Gasteiger partial charge in [-0.1, -0.05) is 0 Å². The fraction of sp³-hybridized carbons (Fsp3) is 0.750. The van der Waals surface area contributed by atoms with Crippen molar-refractivity contribution in [2.75, 3.05) is 79.6 Å². The first-order valence-electron chi connectivity index (χ1n) is 8.99.